The van der Waals surface area contributed by atoms with Crippen LogP contribution in [0, 0.1) is 11.3 Å². The summed E-state index contributed by atoms with van der Waals surface area (Å²) < 4.78 is 4.76. The SMILES string of the molecule is COC(=O)C(C)C1(C)C=CCCC1. The van der Waals surface area contributed by atoms with Crippen molar-refractivity contribution in [3.05, 3.63) is 12.2 Å². The van der Waals surface area contributed by atoms with Crippen LogP contribution in [0.4, 0.5) is 0 Å². The van der Waals surface area contributed by atoms with Gasteiger partial charge in [-0.3, -0.25) is 4.79 Å². The number of allylic oxidation sites excluding steroid dienone is 2. The van der Waals surface area contributed by atoms with Gasteiger partial charge in [0.1, 0.15) is 0 Å². The summed E-state index contributed by atoms with van der Waals surface area (Å²) in [5, 5.41) is 0. The summed E-state index contributed by atoms with van der Waals surface area (Å²) in [5.74, 6) is -0.136. The van der Waals surface area contributed by atoms with E-state index in [9.17, 15) is 4.79 Å². The van der Waals surface area contributed by atoms with E-state index in [4.69, 9.17) is 4.74 Å². The molecule has 0 amide bonds. The molecule has 0 aromatic carbocycles. The molecule has 1 aliphatic carbocycles. The van der Waals surface area contributed by atoms with Crippen LogP contribution in [0.1, 0.15) is 33.1 Å². The van der Waals surface area contributed by atoms with E-state index in [1.54, 1.807) is 0 Å². The van der Waals surface area contributed by atoms with Gasteiger partial charge in [-0.1, -0.05) is 26.0 Å². The molecule has 0 N–H and O–H groups in total. The molecule has 0 fully saturated rings. The largest absolute Gasteiger partial charge is 0.469 e. The van der Waals surface area contributed by atoms with Crippen LogP contribution in [-0.2, 0) is 9.53 Å². The van der Waals surface area contributed by atoms with Gasteiger partial charge in [0.2, 0.25) is 0 Å². The van der Waals surface area contributed by atoms with E-state index in [0.717, 1.165) is 12.8 Å². The second kappa shape index (κ2) is 3.95. The van der Waals surface area contributed by atoms with Crippen LogP contribution >= 0.6 is 0 Å². The maximum Gasteiger partial charge on any atom is 0.309 e. The van der Waals surface area contributed by atoms with Crippen molar-refractivity contribution in [3.63, 3.8) is 0 Å². The van der Waals surface area contributed by atoms with Crippen LogP contribution in [0.3, 0.4) is 0 Å². The Morgan fingerprint density at radius 2 is 2.31 bits per heavy atom. The fourth-order valence-electron chi connectivity index (χ4n) is 1.84. The molecule has 0 bridgehead atoms. The van der Waals surface area contributed by atoms with Crippen molar-refractivity contribution in [1.29, 1.82) is 0 Å². The molecule has 0 heterocycles. The lowest BCUT2D eigenvalue weighted by Gasteiger charge is -2.33. The fourth-order valence-corrected chi connectivity index (χ4v) is 1.84. The standard InChI is InChI=1S/C11H18O2/c1-9(10(12)13-3)11(2)7-5-4-6-8-11/h5,7,9H,4,6,8H2,1-3H3. The van der Waals surface area contributed by atoms with Gasteiger partial charge in [0, 0.05) is 0 Å². The maximum atomic E-state index is 11.4. The molecule has 0 aromatic heterocycles. The van der Waals surface area contributed by atoms with Crippen LogP contribution in [0.5, 0.6) is 0 Å². The van der Waals surface area contributed by atoms with Gasteiger partial charge in [0.25, 0.3) is 0 Å². The minimum Gasteiger partial charge on any atom is -0.469 e. The van der Waals surface area contributed by atoms with Crippen molar-refractivity contribution < 1.29 is 9.53 Å². The fraction of sp³-hybridized carbons (Fsp3) is 0.727. The molecule has 0 aliphatic heterocycles. The summed E-state index contributed by atoms with van der Waals surface area (Å²) >= 11 is 0. The van der Waals surface area contributed by atoms with Crippen molar-refractivity contribution in [2.75, 3.05) is 7.11 Å². The summed E-state index contributed by atoms with van der Waals surface area (Å²) in [4.78, 5) is 11.4. The number of rotatable bonds is 2. The van der Waals surface area contributed by atoms with E-state index in [1.807, 2.05) is 6.92 Å². The molecule has 1 rings (SSSR count). The van der Waals surface area contributed by atoms with Gasteiger partial charge >= 0.3 is 5.97 Å². The molecule has 2 unspecified atom stereocenters. The second-order valence-electron chi connectivity index (χ2n) is 4.05. The van der Waals surface area contributed by atoms with Crippen LogP contribution in [0.15, 0.2) is 12.2 Å². The predicted molar refractivity (Wildman–Crippen MR) is 52.3 cm³/mol. The molecule has 0 spiro atoms. The van der Waals surface area contributed by atoms with E-state index in [2.05, 4.69) is 19.1 Å². The first-order valence-corrected chi connectivity index (χ1v) is 4.86. The molecule has 1 aliphatic rings. The van der Waals surface area contributed by atoms with Crippen LogP contribution < -0.4 is 0 Å². The van der Waals surface area contributed by atoms with Crippen LogP contribution in [0.2, 0.25) is 0 Å². The Balaban J connectivity index is 2.73. The molecule has 0 saturated carbocycles. The molecular weight excluding hydrogens is 164 g/mol. The molecular formula is C11H18O2. The smallest absolute Gasteiger partial charge is 0.309 e. The number of methoxy groups -OCH3 is 1. The minimum atomic E-state index is -0.103. The van der Waals surface area contributed by atoms with Gasteiger partial charge in [0.05, 0.1) is 13.0 Å². The number of esters is 1. The van der Waals surface area contributed by atoms with Gasteiger partial charge in [-0.15, -0.1) is 0 Å². The first-order chi connectivity index (χ1) is 6.10. The number of carbonyl (C=O) groups is 1. The van der Waals surface area contributed by atoms with E-state index < -0.39 is 0 Å². The van der Waals surface area contributed by atoms with Gasteiger partial charge in [0.15, 0.2) is 0 Å². The van der Waals surface area contributed by atoms with Crippen LogP contribution in [0.25, 0.3) is 0 Å². The molecule has 0 saturated heterocycles. The molecule has 0 aromatic rings. The number of carbonyl (C=O) groups excluding carboxylic acids is 1. The highest BCUT2D eigenvalue weighted by atomic mass is 16.5. The Bertz CT molecular complexity index is 220. The van der Waals surface area contributed by atoms with E-state index in [1.165, 1.54) is 13.5 Å². The Morgan fingerprint density at radius 3 is 2.77 bits per heavy atom. The van der Waals surface area contributed by atoms with E-state index in [-0.39, 0.29) is 17.3 Å². The molecule has 2 nitrogen and oxygen atoms in total. The zero-order valence-corrected chi connectivity index (χ0v) is 8.67. The van der Waals surface area contributed by atoms with Gasteiger partial charge < -0.3 is 4.74 Å². The molecule has 74 valence electrons. The van der Waals surface area contributed by atoms with Crippen molar-refractivity contribution in [3.8, 4) is 0 Å². The summed E-state index contributed by atoms with van der Waals surface area (Å²) in [5.41, 5.74) is 0.00530. The average Bonchev–Trinajstić information content (AvgIpc) is 2.16. The number of ether oxygens (including phenoxy) is 1. The summed E-state index contributed by atoms with van der Waals surface area (Å²) in [6.07, 6.45) is 7.73. The molecule has 13 heavy (non-hydrogen) atoms. The summed E-state index contributed by atoms with van der Waals surface area (Å²) in [7, 11) is 1.45. The Labute approximate surface area is 80.0 Å². The first kappa shape index (κ1) is 10.3. The predicted octanol–water partition coefficient (Wildman–Crippen LogP) is 2.54. The van der Waals surface area contributed by atoms with Crippen molar-refractivity contribution >= 4 is 5.97 Å². The van der Waals surface area contributed by atoms with E-state index >= 15 is 0 Å². The third-order valence-electron chi connectivity index (χ3n) is 3.13. The lowest BCUT2D eigenvalue weighted by atomic mass is 9.72. The van der Waals surface area contributed by atoms with Crippen LogP contribution in [-0.4, -0.2) is 13.1 Å². The highest BCUT2D eigenvalue weighted by molar-refractivity contribution is 5.73. The molecule has 2 atom stereocenters. The Kier molecular flexibility index (Phi) is 3.12. The van der Waals surface area contributed by atoms with E-state index in [0.29, 0.717) is 0 Å². The van der Waals surface area contributed by atoms with Crippen molar-refractivity contribution in [1.82, 2.24) is 0 Å². The molecule has 0 radical (unpaired) electrons. The molecule has 2 heteroatoms. The maximum absolute atomic E-state index is 11.4. The van der Waals surface area contributed by atoms with Gasteiger partial charge in [-0.2, -0.15) is 0 Å². The summed E-state index contributed by atoms with van der Waals surface area (Å²) in [6, 6.07) is 0. The highest BCUT2D eigenvalue weighted by Crippen LogP contribution is 2.38. The monoisotopic (exact) mass is 182 g/mol. The second-order valence-corrected chi connectivity index (χ2v) is 4.05. The lowest BCUT2D eigenvalue weighted by Crippen LogP contribution is -2.31. The quantitative estimate of drug-likeness (QED) is 0.484. The van der Waals surface area contributed by atoms with Crippen molar-refractivity contribution in [2.45, 2.75) is 33.1 Å². The number of hydrogen-bond donors (Lipinski definition) is 0. The zero-order valence-electron chi connectivity index (χ0n) is 8.67. The highest BCUT2D eigenvalue weighted by Gasteiger charge is 2.34. The first-order valence-electron chi connectivity index (χ1n) is 4.86. The topological polar surface area (TPSA) is 26.3 Å². The summed E-state index contributed by atoms with van der Waals surface area (Å²) in [6.45, 7) is 4.08. The van der Waals surface area contributed by atoms with Gasteiger partial charge in [-0.05, 0) is 24.7 Å². The zero-order chi connectivity index (χ0) is 9.90. The van der Waals surface area contributed by atoms with Gasteiger partial charge in [-0.25, -0.2) is 0 Å². The Morgan fingerprint density at radius 1 is 1.62 bits per heavy atom. The third-order valence-corrected chi connectivity index (χ3v) is 3.13. The normalized spacial score (nSPS) is 29.8. The number of hydrogen-bond acceptors (Lipinski definition) is 2. The minimum absolute atomic E-state index is 0.00530. The van der Waals surface area contributed by atoms with Crippen molar-refractivity contribution in [2.24, 2.45) is 11.3 Å². The third kappa shape index (κ3) is 2.11. The lowest BCUT2D eigenvalue weighted by molar-refractivity contribution is -0.148. The average molecular weight is 182 g/mol. The Hall–Kier alpha value is -0.790.